The highest BCUT2D eigenvalue weighted by Gasteiger charge is 2.10. The van der Waals surface area contributed by atoms with E-state index in [1.54, 1.807) is 12.3 Å². The molecule has 0 radical (unpaired) electrons. The van der Waals surface area contributed by atoms with Gasteiger partial charge in [-0.1, -0.05) is 18.2 Å². The number of anilines is 1. The predicted molar refractivity (Wildman–Crippen MR) is 83.8 cm³/mol. The standard InChI is InChI=1S/C16H11BrN2O/c17-13-7-2-1-5-11(13)16(20)19-15-9-3-8-14-12(15)6-4-10-18-14/h1-10H,(H,19,20). The van der Waals surface area contributed by atoms with Crippen LogP contribution in [0.2, 0.25) is 0 Å². The molecule has 0 unspecified atom stereocenters. The SMILES string of the molecule is O=C(Nc1cccc2ncccc12)c1ccccc1Br. The van der Waals surface area contributed by atoms with Gasteiger partial charge in [-0.15, -0.1) is 0 Å². The Labute approximate surface area is 124 Å². The van der Waals surface area contributed by atoms with Crippen LogP contribution in [0.25, 0.3) is 10.9 Å². The Morgan fingerprint density at radius 2 is 1.85 bits per heavy atom. The molecule has 0 aliphatic rings. The molecule has 0 bridgehead atoms. The molecule has 1 aromatic heterocycles. The Hall–Kier alpha value is -2.20. The maximum absolute atomic E-state index is 12.3. The van der Waals surface area contributed by atoms with Gasteiger partial charge in [-0.3, -0.25) is 9.78 Å². The third-order valence-electron chi connectivity index (χ3n) is 3.01. The van der Waals surface area contributed by atoms with Crippen molar-refractivity contribution in [1.29, 1.82) is 0 Å². The fraction of sp³-hybridized carbons (Fsp3) is 0. The number of halogens is 1. The second-order valence-electron chi connectivity index (χ2n) is 4.31. The van der Waals surface area contributed by atoms with Crippen molar-refractivity contribution in [3.8, 4) is 0 Å². The second-order valence-corrected chi connectivity index (χ2v) is 5.16. The van der Waals surface area contributed by atoms with Gasteiger partial charge in [0, 0.05) is 16.1 Å². The number of amides is 1. The van der Waals surface area contributed by atoms with Gasteiger partial charge < -0.3 is 5.32 Å². The Kier molecular flexibility index (Phi) is 3.48. The average molecular weight is 327 g/mol. The lowest BCUT2D eigenvalue weighted by Gasteiger charge is -2.09. The van der Waals surface area contributed by atoms with Crippen LogP contribution in [-0.4, -0.2) is 10.9 Å². The molecule has 1 amide bonds. The van der Waals surface area contributed by atoms with E-state index in [9.17, 15) is 4.79 Å². The lowest BCUT2D eigenvalue weighted by molar-refractivity contribution is 0.102. The lowest BCUT2D eigenvalue weighted by atomic mass is 10.1. The molecular weight excluding hydrogens is 316 g/mol. The molecule has 0 saturated carbocycles. The van der Waals surface area contributed by atoms with Crippen molar-refractivity contribution in [2.24, 2.45) is 0 Å². The summed E-state index contributed by atoms with van der Waals surface area (Å²) in [6, 6.07) is 16.8. The number of nitrogens with one attached hydrogen (secondary N) is 1. The topological polar surface area (TPSA) is 42.0 Å². The summed E-state index contributed by atoms with van der Waals surface area (Å²) in [5.41, 5.74) is 2.22. The summed E-state index contributed by atoms with van der Waals surface area (Å²) < 4.78 is 0.774. The number of aromatic nitrogens is 1. The molecule has 1 heterocycles. The van der Waals surface area contributed by atoms with Crippen molar-refractivity contribution >= 4 is 38.4 Å². The number of carbonyl (C=O) groups is 1. The molecule has 0 fully saturated rings. The van der Waals surface area contributed by atoms with Gasteiger partial charge in [0.1, 0.15) is 0 Å². The number of fused-ring (bicyclic) bond motifs is 1. The molecule has 0 aliphatic heterocycles. The van der Waals surface area contributed by atoms with E-state index in [1.165, 1.54) is 0 Å². The van der Waals surface area contributed by atoms with E-state index in [2.05, 4.69) is 26.2 Å². The molecular formula is C16H11BrN2O. The van der Waals surface area contributed by atoms with Gasteiger partial charge in [-0.2, -0.15) is 0 Å². The number of nitrogens with zero attached hydrogens (tertiary/aromatic N) is 1. The molecule has 98 valence electrons. The van der Waals surface area contributed by atoms with Crippen LogP contribution in [0.15, 0.2) is 65.3 Å². The monoisotopic (exact) mass is 326 g/mol. The van der Waals surface area contributed by atoms with Crippen molar-refractivity contribution in [3.05, 3.63) is 70.8 Å². The number of benzene rings is 2. The van der Waals surface area contributed by atoms with Crippen LogP contribution in [0.4, 0.5) is 5.69 Å². The van der Waals surface area contributed by atoms with E-state index in [0.717, 1.165) is 21.1 Å². The zero-order chi connectivity index (χ0) is 13.9. The highest BCUT2D eigenvalue weighted by molar-refractivity contribution is 9.10. The third kappa shape index (κ3) is 2.42. The molecule has 3 rings (SSSR count). The van der Waals surface area contributed by atoms with Crippen molar-refractivity contribution in [3.63, 3.8) is 0 Å². The summed E-state index contributed by atoms with van der Waals surface area (Å²) in [5, 5.41) is 3.86. The zero-order valence-electron chi connectivity index (χ0n) is 10.5. The molecule has 0 saturated heterocycles. The van der Waals surface area contributed by atoms with E-state index < -0.39 is 0 Å². The van der Waals surface area contributed by atoms with Crippen molar-refractivity contribution in [2.45, 2.75) is 0 Å². The first-order valence-corrected chi connectivity index (χ1v) is 6.94. The summed E-state index contributed by atoms with van der Waals surface area (Å²) >= 11 is 3.39. The summed E-state index contributed by atoms with van der Waals surface area (Å²) in [7, 11) is 0. The molecule has 1 N–H and O–H groups in total. The summed E-state index contributed by atoms with van der Waals surface area (Å²) in [6.45, 7) is 0. The van der Waals surface area contributed by atoms with Gasteiger partial charge >= 0.3 is 0 Å². The molecule has 0 atom stereocenters. The molecule has 0 spiro atoms. The number of carbonyl (C=O) groups excluding carboxylic acids is 1. The van der Waals surface area contributed by atoms with Crippen LogP contribution in [0.5, 0.6) is 0 Å². The Morgan fingerprint density at radius 1 is 1.00 bits per heavy atom. The Bertz CT molecular complexity index is 781. The average Bonchev–Trinajstić information content (AvgIpc) is 2.48. The van der Waals surface area contributed by atoms with E-state index in [0.29, 0.717) is 5.56 Å². The quantitative estimate of drug-likeness (QED) is 0.764. The zero-order valence-corrected chi connectivity index (χ0v) is 12.1. The Morgan fingerprint density at radius 3 is 2.70 bits per heavy atom. The molecule has 0 aliphatic carbocycles. The minimum absolute atomic E-state index is 0.145. The highest BCUT2D eigenvalue weighted by atomic mass is 79.9. The normalized spacial score (nSPS) is 10.4. The number of pyridine rings is 1. The van der Waals surface area contributed by atoms with Gasteiger partial charge in [0.05, 0.1) is 16.8 Å². The fourth-order valence-corrected chi connectivity index (χ4v) is 2.51. The largest absolute Gasteiger partial charge is 0.321 e. The van der Waals surface area contributed by atoms with Crippen LogP contribution in [0.3, 0.4) is 0 Å². The van der Waals surface area contributed by atoms with E-state index in [-0.39, 0.29) is 5.91 Å². The Balaban J connectivity index is 1.98. The highest BCUT2D eigenvalue weighted by Crippen LogP contribution is 2.23. The van der Waals surface area contributed by atoms with Crippen molar-refractivity contribution in [2.75, 3.05) is 5.32 Å². The third-order valence-corrected chi connectivity index (χ3v) is 3.70. The van der Waals surface area contributed by atoms with Crippen molar-refractivity contribution < 1.29 is 4.79 Å². The van der Waals surface area contributed by atoms with Crippen LogP contribution >= 0.6 is 15.9 Å². The van der Waals surface area contributed by atoms with Gasteiger partial charge in [0.15, 0.2) is 0 Å². The summed E-state index contributed by atoms with van der Waals surface area (Å²) in [4.78, 5) is 16.6. The smallest absolute Gasteiger partial charge is 0.256 e. The molecule has 3 aromatic rings. The number of rotatable bonds is 2. The summed E-state index contributed by atoms with van der Waals surface area (Å²) in [6.07, 6.45) is 1.74. The van der Waals surface area contributed by atoms with Crippen LogP contribution < -0.4 is 5.32 Å². The molecule has 3 nitrogen and oxygen atoms in total. The van der Waals surface area contributed by atoms with Gasteiger partial charge in [0.2, 0.25) is 0 Å². The van der Waals surface area contributed by atoms with E-state index in [1.807, 2.05) is 48.5 Å². The first kappa shape index (κ1) is 12.8. The van der Waals surface area contributed by atoms with Crippen LogP contribution in [0, 0.1) is 0 Å². The fourth-order valence-electron chi connectivity index (χ4n) is 2.05. The number of hydrogen-bond acceptors (Lipinski definition) is 2. The van der Waals surface area contributed by atoms with Crippen LogP contribution in [0.1, 0.15) is 10.4 Å². The summed E-state index contributed by atoms with van der Waals surface area (Å²) in [5.74, 6) is -0.145. The first-order valence-electron chi connectivity index (χ1n) is 6.15. The molecule has 2 aromatic carbocycles. The lowest BCUT2D eigenvalue weighted by Crippen LogP contribution is -2.12. The van der Waals surface area contributed by atoms with Gasteiger partial charge in [0.25, 0.3) is 5.91 Å². The minimum Gasteiger partial charge on any atom is -0.321 e. The van der Waals surface area contributed by atoms with Crippen molar-refractivity contribution in [1.82, 2.24) is 4.98 Å². The minimum atomic E-state index is -0.145. The van der Waals surface area contributed by atoms with Gasteiger partial charge in [-0.05, 0) is 52.3 Å². The maximum atomic E-state index is 12.3. The van der Waals surface area contributed by atoms with E-state index in [4.69, 9.17) is 0 Å². The molecule has 4 heteroatoms. The maximum Gasteiger partial charge on any atom is 0.256 e. The molecule has 20 heavy (non-hydrogen) atoms. The first-order chi connectivity index (χ1) is 9.75. The predicted octanol–water partition coefficient (Wildman–Crippen LogP) is 4.25. The van der Waals surface area contributed by atoms with Crippen LogP contribution in [-0.2, 0) is 0 Å². The van der Waals surface area contributed by atoms with E-state index >= 15 is 0 Å². The number of hydrogen-bond donors (Lipinski definition) is 1. The van der Waals surface area contributed by atoms with Gasteiger partial charge in [-0.25, -0.2) is 0 Å². The second kappa shape index (κ2) is 5.43.